The summed E-state index contributed by atoms with van der Waals surface area (Å²) in [6, 6.07) is 0. The number of rotatable bonds is 8. The van der Waals surface area contributed by atoms with Crippen molar-refractivity contribution in [2.24, 2.45) is 50.2 Å². The Balaban J connectivity index is 1.03. The molecule has 3 heterocycles. The van der Waals surface area contributed by atoms with Crippen LogP contribution in [-0.4, -0.2) is 180 Å². The number of carbonyl (C=O) groups excluding carboxylic acids is 1. The molecule has 19 heteroatoms. The van der Waals surface area contributed by atoms with Gasteiger partial charge in [0.05, 0.1) is 25.4 Å². The van der Waals surface area contributed by atoms with E-state index in [1.807, 2.05) is 0 Å². The number of ether oxygens (including phenoxy) is 6. The van der Waals surface area contributed by atoms with E-state index < -0.39 is 146 Å². The number of esters is 1. The number of fused-ring (bicyclic) bond motifs is 7. The molecular formula is C47H74O19. The molecule has 0 spiro atoms. The van der Waals surface area contributed by atoms with E-state index in [0.717, 1.165) is 18.4 Å². The molecule has 3 aliphatic heterocycles. The molecule has 0 amide bonds. The average Bonchev–Trinajstić information content (AvgIpc) is 3.24. The van der Waals surface area contributed by atoms with Crippen LogP contribution in [0.15, 0.2) is 11.6 Å². The third-order valence-corrected chi connectivity index (χ3v) is 18.9. The first kappa shape index (κ1) is 50.5. The van der Waals surface area contributed by atoms with Crippen molar-refractivity contribution in [3.63, 3.8) is 0 Å². The summed E-state index contributed by atoms with van der Waals surface area (Å²) in [4.78, 5) is 27.2. The standard InChI is InChI=1S/C47H74O19/c1-42(2)14-15-47(41(60)66-39-33(56)30(53)29(52)23(18-48)62-39)21(16-42)20-8-9-25-44(5)12-11-27(43(3,4)24(44)10-13-45(25,6)46(20,7)17-26(47)50)63-40-34(57)31(54)35(36(65-40)37(58)59)64-38-32(55)28(51)22(49)19-61-38/h8,21-36,38-40,48-57H,9-19H2,1-7H3,(H,58,59)/t21?,22-,23-,24?,25?,26-,27-,28+,29-,30+,31-,32-,33-,34-,35+,36+,38+,39+,40-,44+,45-,46-,47-/m1/s1. The molecule has 3 saturated heterocycles. The van der Waals surface area contributed by atoms with Gasteiger partial charge in [0.1, 0.15) is 66.5 Å². The summed E-state index contributed by atoms with van der Waals surface area (Å²) in [7, 11) is 0. The first-order valence-electron chi connectivity index (χ1n) is 23.8. The fraction of sp³-hybridized carbons (Fsp3) is 0.915. The Kier molecular flexibility index (Phi) is 13.3. The molecular weight excluding hydrogens is 868 g/mol. The highest BCUT2D eigenvalue weighted by atomic mass is 16.7. The molecule has 7 fully saturated rings. The van der Waals surface area contributed by atoms with Crippen LogP contribution in [0.4, 0.5) is 0 Å². The maximum Gasteiger partial charge on any atom is 0.335 e. The molecule has 11 N–H and O–H groups in total. The molecule has 0 radical (unpaired) electrons. The molecule has 0 aromatic heterocycles. The normalized spacial score (nSPS) is 53.2. The molecule has 8 aliphatic rings. The summed E-state index contributed by atoms with van der Waals surface area (Å²) >= 11 is 0. The minimum absolute atomic E-state index is 0.0684. The maximum atomic E-state index is 14.7. The van der Waals surface area contributed by atoms with Crippen LogP contribution in [0.25, 0.3) is 0 Å². The van der Waals surface area contributed by atoms with Crippen LogP contribution in [0.2, 0.25) is 0 Å². The quantitative estimate of drug-likeness (QED) is 0.0856. The molecule has 5 aliphatic carbocycles. The van der Waals surface area contributed by atoms with Crippen LogP contribution in [0.3, 0.4) is 0 Å². The summed E-state index contributed by atoms with van der Waals surface area (Å²) in [5.74, 6) is -2.51. The SMILES string of the molecule is CC1(C)CC[C@@]2(C(=O)O[C@@H]3O[C@H](CO)[C@@H](O)[C@H](O)[C@H]3O)C(C1)C1=CCC3[C@@]4(C)CC[C@@H](O[C@@H]5O[C@H](C(=O)O)[C@@H](O[C@@H]6OC[C@@H](O)[C@H](O)[C@H]6O)[C@H](O)[C@H]5O)C(C)(C)C4CC[C@@]3(C)[C@]1(C)C[C@H]2O. The number of aliphatic hydroxyl groups excluding tert-OH is 10. The molecule has 0 bridgehead atoms. The lowest BCUT2D eigenvalue weighted by Gasteiger charge is -2.71. The number of carboxylic acids is 1. The van der Waals surface area contributed by atoms with E-state index in [4.69, 9.17) is 28.4 Å². The van der Waals surface area contributed by atoms with E-state index in [0.29, 0.717) is 38.5 Å². The van der Waals surface area contributed by atoms with Crippen molar-refractivity contribution in [2.45, 2.75) is 204 Å². The zero-order valence-corrected chi connectivity index (χ0v) is 39.0. The third kappa shape index (κ3) is 7.64. The summed E-state index contributed by atoms with van der Waals surface area (Å²) < 4.78 is 34.7. The number of carboxylic acid groups (broad SMARTS) is 1. The minimum Gasteiger partial charge on any atom is -0.479 e. The molecule has 23 atom stereocenters. The Hall–Kier alpha value is -1.92. The molecule has 3 unspecified atom stereocenters. The van der Waals surface area contributed by atoms with Gasteiger partial charge in [-0.1, -0.05) is 60.1 Å². The summed E-state index contributed by atoms with van der Waals surface area (Å²) in [5, 5.41) is 117. The molecule has 19 nitrogen and oxygen atoms in total. The van der Waals surface area contributed by atoms with E-state index in [1.54, 1.807) is 0 Å². The average molecular weight is 943 g/mol. The second kappa shape index (κ2) is 17.4. The van der Waals surface area contributed by atoms with Gasteiger partial charge in [-0.15, -0.1) is 0 Å². The second-order valence-electron chi connectivity index (χ2n) is 23.2. The van der Waals surface area contributed by atoms with E-state index in [-0.39, 0.29) is 34.5 Å². The number of hydrogen-bond donors (Lipinski definition) is 11. The largest absolute Gasteiger partial charge is 0.479 e. The van der Waals surface area contributed by atoms with Crippen LogP contribution in [0.5, 0.6) is 0 Å². The van der Waals surface area contributed by atoms with Gasteiger partial charge in [0.15, 0.2) is 18.7 Å². The lowest BCUT2D eigenvalue weighted by atomic mass is 9.33. The highest BCUT2D eigenvalue weighted by Crippen LogP contribution is 2.76. The number of allylic oxidation sites excluding steroid dienone is 2. The highest BCUT2D eigenvalue weighted by Gasteiger charge is 2.72. The smallest absolute Gasteiger partial charge is 0.335 e. The van der Waals surface area contributed by atoms with Gasteiger partial charge in [-0.3, -0.25) is 4.79 Å². The van der Waals surface area contributed by atoms with Crippen LogP contribution < -0.4 is 0 Å². The molecule has 0 aromatic carbocycles. The topological polar surface area (TPSA) is 312 Å². The lowest BCUT2D eigenvalue weighted by Crippen LogP contribution is -2.68. The Morgan fingerprint density at radius 2 is 1.38 bits per heavy atom. The van der Waals surface area contributed by atoms with Gasteiger partial charge < -0.3 is 84.6 Å². The monoisotopic (exact) mass is 942 g/mol. The van der Waals surface area contributed by atoms with Crippen LogP contribution in [-0.2, 0) is 38.0 Å². The minimum atomic E-state index is -1.87. The number of carbonyl (C=O) groups is 2. The zero-order chi connectivity index (χ0) is 48.4. The van der Waals surface area contributed by atoms with Crippen LogP contribution in [0.1, 0.15) is 106 Å². The summed E-state index contributed by atoms with van der Waals surface area (Å²) in [6.07, 6.45) is -17.5. The molecule has 66 heavy (non-hydrogen) atoms. The Labute approximate surface area is 385 Å². The third-order valence-electron chi connectivity index (χ3n) is 18.9. The molecule has 4 saturated carbocycles. The molecule has 8 rings (SSSR count). The van der Waals surface area contributed by atoms with E-state index in [9.17, 15) is 65.8 Å². The predicted molar refractivity (Wildman–Crippen MR) is 226 cm³/mol. The van der Waals surface area contributed by atoms with E-state index in [2.05, 4.69) is 54.5 Å². The Bertz CT molecular complexity index is 1860. The lowest BCUT2D eigenvalue weighted by molar-refractivity contribution is -0.354. The Morgan fingerprint density at radius 3 is 2.05 bits per heavy atom. The van der Waals surface area contributed by atoms with Gasteiger partial charge in [0.2, 0.25) is 6.29 Å². The fourth-order valence-corrected chi connectivity index (χ4v) is 14.8. The maximum absolute atomic E-state index is 14.7. The van der Waals surface area contributed by atoms with Crippen LogP contribution >= 0.6 is 0 Å². The van der Waals surface area contributed by atoms with Gasteiger partial charge >= 0.3 is 11.9 Å². The summed E-state index contributed by atoms with van der Waals surface area (Å²) in [6.45, 7) is 14.3. The zero-order valence-electron chi connectivity index (χ0n) is 39.0. The van der Waals surface area contributed by atoms with Gasteiger partial charge in [0.25, 0.3) is 0 Å². The van der Waals surface area contributed by atoms with Crippen molar-refractivity contribution >= 4 is 11.9 Å². The predicted octanol–water partition coefficient (Wildman–Crippen LogP) is -0.157. The summed E-state index contributed by atoms with van der Waals surface area (Å²) in [5.41, 5.74) is -2.18. The Morgan fingerprint density at radius 1 is 0.712 bits per heavy atom. The van der Waals surface area contributed by atoms with E-state index in [1.165, 1.54) is 0 Å². The molecule has 0 aromatic rings. The highest BCUT2D eigenvalue weighted by molar-refractivity contribution is 5.80. The van der Waals surface area contributed by atoms with Gasteiger partial charge in [0, 0.05) is 0 Å². The molecule has 376 valence electrons. The van der Waals surface area contributed by atoms with Gasteiger partial charge in [-0.25, -0.2) is 4.79 Å². The van der Waals surface area contributed by atoms with Crippen molar-refractivity contribution in [3.8, 4) is 0 Å². The van der Waals surface area contributed by atoms with Crippen molar-refractivity contribution in [1.29, 1.82) is 0 Å². The number of aliphatic carboxylic acids is 1. The van der Waals surface area contributed by atoms with Crippen molar-refractivity contribution in [1.82, 2.24) is 0 Å². The van der Waals surface area contributed by atoms with Crippen molar-refractivity contribution < 1.29 is 94.2 Å². The van der Waals surface area contributed by atoms with E-state index >= 15 is 0 Å². The first-order chi connectivity index (χ1) is 30.7. The number of aliphatic hydroxyl groups is 10. The van der Waals surface area contributed by atoms with Gasteiger partial charge in [-0.05, 0) is 103 Å². The van der Waals surface area contributed by atoms with Crippen molar-refractivity contribution in [3.05, 3.63) is 11.6 Å². The van der Waals surface area contributed by atoms with Gasteiger partial charge in [-0.2, -0.15) is 0 Å². The number of hydrogen-bond acceptors (Lipinski definition) is 18. The fourth-order valence-electron chi connectivity index (χ4n) is 14.8. The first-order valence-corrected chi connectivity index (χ1v) is 23.8. The van der Waals surface area contributed by atoms with Crippen molar-refractivity contribution in [2.75, 3.05) is 13.2 Å². The second-order valence-corrected chi connectivity index (χ2v) is 23.2. The van der Waals surface area contributed by atoms with Crippen LogP contribution in [0, 0.1) is 50.2 Å².